The molecule has 0 aliphatic rings. The van der Waals surface area contributed by atoms with Gasteiger partial charge in [0.1, 0.15) is 0 Å². The number of thiophene rings is 1. The molecule has 0 aliphatic carbocycles. The largest absolute Gasteiger partial charge is 0.480 e. The summed E-state index contributed by atoms with van der Waals surface area (Å²) in [6.07, 6.45) is 1.67. The molecule has 0 unspecified atom stereocenters. The third-order valence-electron chi connectivity index (χ3n) is 2.45. The van der Waals surface area contributed by atoms with Crippen molar-refractivity contribution in [2.45, 2.75) is 6.54 Å². The Bertz CT molecular complexity index is 548. The van der Waals surface area contributed by atoms with Crippen LogP contribution in [0.3, 0.4) is 0 Å². The standard InChI is InChI=1S/C13H14N2O3S/c1-2-5-15(9-13(16)17)8-10-7-11(18-14-10)12-4-3-6-19-12/h2-4,6-7H,1,5,8-9H2,(H,16,17). The zero-order valence-corrected chi connectivity index (χ0v) is 11.1. The molecule has 0 amide bonds. The van der Waals surface area contributed by atoms with Crippen LogP contribution >= 0.6 is 11.3 Å². The fraction of sp³-hybridized carbons (Fsp3) is 0.231. The second kappa shape index (κ2) is 6.31. The molecule has 0 spiro atoms. The highest BCUT2D eigenvalue weighted by atomic mass is 32.1. The Morgan fingerprint density at radius 3 is 3.11 bits per heavy atom. The summed E-state index contributed by atoms with van der Waals surface area (Å²) in [7, 11) is 0. The van der Waals surface area contributed by atoms with Crippen LogP contribution in [0.4, 0.5) is 0 Å². The average Bonchev–Trinajstić information content (AvgIpc) is 2.97. The van der Waals surface area contributed by atoms with Gasteiger partial charge < -0.3 is 9.63 Å². The molecule has 0 atom stereocenters. The van der Waals surface area contributed by atoms with Crippen molar-refractivity contribution in [2.75, 3.05) is 13.1 Å². The summed E-state index contributed by atoms with van der Waals surface area (Å²) in [5.41, 5.74) is 0.714. The van der Waals surface area contributed by atoms with E-state index in [4.69, 9.17) is 9.63 Å². The molecule has 1 N–H and O–H groups in total. The van der Waals surface area contributed by atoms with Crippen molar-refractivity contribution in [2.24, 2.45) is 0 Å². The summed E-state index contributed by atoms with van der Waals surface area (Å²) in [6, 6.07) is 5.73. The van der Waals surface area contributed by atoms with E-state index in [0.29, 0.717) is 24.5 Å². The number of hydrogen-bond donors (Lipinski definition) is 1. The minimum Gasteiger partial charge on any atom is -0.480 e. The first-order chi connectivity index (χ1) is 9.19. The van der Waals surface area contributed by atoms with Crippen molar-refractivity contribution in [1.82, 2.24) is 10.1 Å². The molecule has 0 saturated carbocycles. The van der Waals surface area contributed by atoms with Gasteiger partial charge in [0.15, 0.2) is 5.76 Å². The summed E-state index contributed by atoms with van der Waals surface area (Å²) in [4.78, 5) is 13.5. The summed E-state index contributed by atoms with van der Waals surface area (Å²) >= 11 is 1.57. The first-order valence-corrected chi connectivity index (χ1v) is 6.61. The van der Waals surface area contributed by atoms with Crippen molar-refractivity contribution >= 4 is 17.3 Å². The topological polar surface area (TPSA) is 66.6 Å². The van der Waals surface area contributed by atoms with Gasteiger partial charge in [-0.05, 0) is 11.4 Å². The van der Waals surface area contributed by atoms with Crippen molar-refractivity contribution in [3.8, 4) is 10.6 Å². The number of aliphatic carboxylic acids is 1. The molecule has 19 heavy (non-hydrogen) atoms. The smallest absolute Gasteiger partial charge is 0.317 e. The van der Waals surface area contributed by atoms with Gasteiger partial charge in [-0.15, -0.1) is 17.9 Å². The number of carboxylic acid groups (broad SMARTS) is 1. The Kier molecular flexibility index (Phi) is 4.48. The first-order valence-electron chi connectivity index (χ1n) is 5.73. The Morgan fingerprint density at radius 2 is 2.47 bits per heavy atom. The molecule has 6 heteroatoms. The van der Waals surface area contributed by atoms with Gasteiger partial charge >= 0.3 is 5.97 Å². The van der Waals surface area contributed by atoms with Crippen molar-refractivity contribution < 1.29 is 14.4 Å². The molecule has 0 saturated heterocycles. The van der Waals surface area contributed by atoms with Crippen molar-refractivity contribution in [3.05, 3.63) is 41.9 Å². The lowest BCUT2D eigenvalue weighted by molar-refractivity contribution is -0.138. The van der Waals surface area contributed by atoms with E-state index < -0.39 is 5.97 Å². The third-order valence-corrected chi connectivity index (χ3v) is 3.34. The maximum atomic E-state index is 10.7. The van der Waals surface area contributed by atoms with Crippen LogP contribution in [-0.2, 0) is 11.3 Å². The molecule has 100 valence electrons. The van der Waals surface area contributed by atoms with Crippen LogP contribution in [-0.4, -0.2) is 34.2 Å². The first kappa shape index (κ1) is 13.5. The Morgan fingerprint density at radius 1 is 1.63 bits per heavy atom. The van der Waals surface area contributed by atoms with Gasteiger partial charge in [0.05, 0.1) is 17.1 Å². The number of nitrogens with zero attached hydrogens (tertiary/aromatic N) is 2. The van der Waals surface area contributed by atoms with Crippen LogP contribution in [0, 0.1) is 0 Å². The summed E-state index contributed by atoms with van der Waals surface area (Å²) in [6.45, 7) is 4.49. The number of aromatic nitrogens is 1. The lowest BCUT2D eigenvalue weighted by atomic mass is 10.3. The second-order valence-corrected chi connectivity index (χ2v) is 4.96. The van der Waals surface area contributed by atoms with Gasteiger partial charge in [0.25, 0.3) is 0 Å². The van der Waals surface area contributed by atoms with E-state index in [1.54, 1.807) is 22.3 Å². The van der Waals surface area contributed by atoms with Crippen molar-refractivity contribution in [1.29, 1.82) is 0 Å². The highest BCUT2D eigenvalue weighted by Crippen LogP contribution is 2.25. The van der Waals surface area contributed by atoms with E-state index in [1.807, 2.05) is 23.6 Å². The number of rotatable bonds is 7. The summed E-state index contributed by atoms with van der Waals surface area (Å²) < 4.78 is 5.25. The molecule has 2 aromatic heterocycles. The van der Waals surface area contributed by atoms with E-state index >= 15 is 0 Å². The molecule has 5 nitrogen and oxygen atoms in total. The van der Waals surface area contributed by atoms with Crippen LogP contribution in [0.5, 0.6) is 0 Å². The highest BCUT2D eigenvalue weighted by molar-refractivity contribution is 7.13. The van der Waals surface area contributed by atoms with E-state index in [1.165, 1.54) is 0 Å². The fourth-order valence-corrected chi connectivity index (χ4v) is 2.38. The summed E-state index contributed by atoms with van der Waals surface area (Å²) in [5.74, 6) is -0.164. The van der Waals surface area contributed by atoms with Gasteiger partial charge in [-0.2, -0.15) is 0 Å². The van der Waals surface area contributed by atoms with E-state index in [9.17, 15) is 4.79 Å². The van der Waals surface area contributed by atoms with Crippen LogP contribution < -0.4 is 0 Å². The molecular formula is C13H14N2O3S. The quantitative estimate of drug-likeness (QED) is 0.788. The molecule has 0 aromatic carbocycles. The molecule has 0 aliphatic heterocycles. The van der Waals surface area contributed by atoms with E-state index in [0.717, 1.165) is 4.88 Å². The van der Waals surface area contributed by atoms with Gasteiger partial charge in [-0.25, -0.2) is 0 Å². The monoisotopic (exact) mass is 278 g/mol. The minimum absolute atomic E-state index is 0.0484. The van der Waals surface area contributed by atoms with E-state index in [2.05, 4.69) is 11.7 Å². The Labute approximate surface area is 114 Å². The van der Waals surface area contributed by atoms with Crippen molar-refractivity contribution in [3.63, 3.8) is 0 Å². The Balaban J connectivity index is 2.05. The lowest BCUT2D eigenvalue weighted by Gasteiger charge is -2.15. The molecule has 2 aromatic rings. The van der Waals surface area contributed by atoms with E-state index in [-0.39, 0.29) is 6.54 Å². The molecule has 0 bridgehead atoms. The maximum Gasteiger partial charge on any atom is 0.317 e. The van der Waals surface area contributed by atoms with Gasteiger partial charge in [-0.1, -0.05) is 17.3 Å². The number of carboxylic acids is 1. The van der Waals surface area contributed by atoms with Crippen LogP contribution in [0.2, 0.25) is 0 Å². The van der Waals surface area contributed by atoms with Gasteiger partial charge in [0.2, 0.25) is 0 Å². The molecular weight excluding hydrogens is 264 g/mol. The third kappa shape index (κ3) is 3.77. The molecule has 2 rings (SSSR count). The minimum atomic E-state index is -0.871. The van der Waals surface area contributed by atoms with Crippen LogP contribution in [0.25, 0.3) is 10.6 Å². The average molecular weight is 278 g/mol. The number of carbonyl (C=O) groups is 1. The molecule has 0 fully saturated rings. The van der Waals surface area contributed by atoms with Gasteiger partial charge in [-0.3, -0.25) is 9.69 Å². The lowest BCUT2D eigenvalue weighted by Crippen LogP contribution is -2.29. The SMILES string of the molecule is C=CCN(CC(=O)O)Cc1cc(-c2cccs2)on1. The van der Waals surface area contributed by atoms with Gasteiger partial charge in [0, 0.05) is 19.2 Å². The Hall–Kier alpha value is -1.92. The normalized spacial score (nSPS) is 10.8. The predicted molar refractivity (Wildman–Crippen MR) is 72.9 cm³/mol. The number of hydrogen-bond acceptors (Lipinski definition) is 5. The molecule has 0 radical (unpaired) electrons. The highest BCUT2D eigenvalue weighted by Gasteiger charge is 2.13. The molecule has 2 heterocycles. The fourth-order valence-electron chi connectivity index (χ4n) is 1.71. The zero-order chi connectivity index (χ0) is 13.7. The zero-order valence-electron chi connectivity index (χ0n) is 10.3. The predicted octanol–water partition coefficient (Wildman–Crippen LogP) is 2.48. The maximum absolute atomic E-state index is 10.7. The van der Waals surface area contributed by atoms with Crippen LogP contribution in [0.15, 0.2) is 40.8 Å². The van der Waals surface area contributed by atoms with Crippen LogP contribution in [0.1, 0.15) is 5.69 Å². The summed E-state index contributed by atoms with van der Waals surface area (Å²) in [5, 5.41) is 14.8. The second-order valence-electron chi connectivity index (χ2n) is 4.01.